The molecule has 1 N–H and O–H groups in total. The minimum atomic E-state index is -0.995. The Hall–Kier alpha value is -3.51. The largest absolute Gasteiger partial charge is 0.493 e. The number of nitriles is 1. The summed E-state index contributed by atoms with van der Waals surface area (Å²) in [5.74, 6) is -0.146. The van der Waals surface area contributed by atoms with E-state index in [1.54, 1.807) is 31.0 Å². The van der Waals surface area contributed by atoms with E-state index in [0.29, 0.717) is 0 Å². The number of aromatic amines is 1. The number of methoxy groups -OCH3 is 1. The average Bonchev–Trinajstić information content (AvgIpc) is 3.39. The average molecular weight is 480 g/mol. The van der Waals surface area contributed by atoms with Crippen molar-refractivity contribution in [2.75, 3.05) is 12.0 Å². The number of ether oxygens (including phenoxy) is 1. The third kappa shape index (κ3) is 4.10. The van der Waals surface area contributed by atoms with Crippen LogP contribution in [0.1, 0.15) is 38.1 Å². The maximum atomic E-state index is 15.3. The predicted octanol–water partition coefficient (Wildman–Crippen LogP) is 4.35. The molecule has 1 aromatic heterocycles. The number of imidazole rings is 1. The maximum Gasteiger partial charge on any atom is 0.255 e. The Balaban J connectivity index is 1.54. The molecule has 1 fully saturated rings. The van der Waals surface area contributed by atoms with Crippen molar-refractivity contribution in [3.63, 3.8) is 0 Å². The van der Waals surface area contributed by atoms with E-state index in [-0.39, 0.29) is 28.8 Å². The molecule has 1 saturated heterocycles. The molecule has 2 aliphatic rings. The second kappa shape index (κ2) is 9.39. The minimum absolute atomic E-state index is 0.118. The zero-order valence-corrected chi connectivity index (χ0v) is 20.2. The van der Waals surface area contributed by atoms with Crippen molar-refractivity contribution in [3.8, 4) is 6.07 Å². The minimum Gasteiger partial charge on any atom is -0.493 e. The standard InChI is InChI=1S/C25H26FN5O2S/c1-25(2)23(32)30(19-12-9-17(15-27)22(33-3)21(19)26)24(34)31(25)18-10-7-16(8-11-18)5-4-6-20-28-13-14-29-20/h7-11,13-14,19H,4-6,12H2,1-3H3,(H,28,29). The highest BCUT2D eigenvalue weighted by atomic mass is 32.1. The van der Waals surface area contributed by atoms with Gasteiger partial charge in [-0.2, -0.15) is 5.26 Å². The molecule has 0 saturated carbocycles. The number of carbonyl (C=O) groups excluding carboxylic acids is 1. The first-order valence-corrected chi connectivity index (χ1v) is 11.5. The van der Waals surface area contributed by atoms with Crippen molar-refractivity contribution in [1.82, 2.24) is 14.9 Å². The van der Waals surface area contributed by atoms with Gasteiger partial charge in [0, 0.05) is 24.5 Å². The number of thiocarbonyl (C=S) groups is 1. The maximum absolute atomic E-state index is 15.3. The third-order valence-corrected chi connectivity index (χ3v) is 6.64. The lowest BCUT2D eigenvalue weighted by atomic mass is 9.97. The van der Waals surface area contributed by atoms with Crippen LogP contribution in [-0.2, 0) is 22.4 Å². The first kappa shape index (κ1) is 23.6. The number of halogens is 1. The highest BCUT2D eigenvalue weighted by Crippen LogP contribution is 2.39. The molecule has 4 rings (SSSR count). The number of hydrogen-bond donors (Lipinski definition) is 1. The predicted molar refractivity (Wildman–Crippen MR) is 130 cm³/mol. The molecule has 1 atom stereocenters. The monoisotopic (exact) mass is 479 g/mol. The quantitative estimate of drug-likeness (QED) is 0.595. The summed E-state index contributed by atoms with van der Waals surface area (Å²) in [6, 6.07) is 8.91. The molecule has 9 heteroatoms. The summed E-state index contributed by atoms with van der Waals surface area (Å²) in [5.41, 5.74) is 1.06. The lowest BCUT2D eigenvalue weighted by Crippen LogP contribution is -2.45. The molecule has 176 valence electrons. The van der Waals surface area contributed by atoms with E-state index in [0.717, 1.165) is 30.8 Å². The molecule has 7 nitrogen and oxygen atoms in total. The second-order valence-corrected chi connectivity index (χ2v) is 9.14. The smallest absolute Gasteiger partial charge is 0.255 e. The molecule has 1 unspecified atom stereocenters. The van der Waals surface area contributed by atoms with Crippen LogP contribution in [-0.4, -0.2) is 44.6 Å². The van der Waals surface area contributed by atoms with Gasteiger partial charge in [-0.05, 0) is 63.0 Å². The molecule has 1 aliphatic carbocycles. The summed E-state index contributed by atoms with van der Waals surface area (Å²) in [6.45, 7) is 3.55. The Morgan fingerprint density at radius 2 is 2.06 bits per heavy atom. The fourth-order valence-corrected chi connectivity index (χ4v) is 5.01. The molecule has 1 amide bonds. The highest BCUT2D eigenvalue weighted by molar-refractivity contribution is 7.80. The van der Waals surface area contributed by atoms with E-state index in [1.807, 2.05) is 36.5 Å². The van der Waals surface area contributed by atoms with Gasteiger partial charge < -0.3 is 14.6 Å². The fraction of sp³-hybridized carbons (Fsp3) is 0.360. The molecule has 1 aromatic carbocycles. The van der Waals surface area contributed by atoms with Gasteiger partial charge in [0.2, 0.25) is 0 Å². The van der Waals surface area contributed by atoms with Crippen LogP contribution >= 0.6 is 12.2 Å². The van der Waals surface area contributed by atoms with Crippen LogP contribution in [0.15, 0.2) is 59.9 Å². The highest BCUT2D eigenvalue weighted by Gasteiger charge is 2.53. The summed E-state index contributed by atoms with van der Waals surface area (Å²) in [6.07, 6.45) is 8.01. The zero-order chi connectivity index (χ0) is 24.5. The van der Waals surface area contributed by atoms with Gasteiger partial charge in [-0.1, -0.05) is 18.2 Å². The molecule has 0 bridgehead atoms. The number of hydrogen-bond acceptors (Lipinski definition) is 5. The molecule has 1 aliphatic heterocycles. The number of aromatic nitrogens is 2. The SMILES string of the molecule is COC1=C(F)C(N2C(=O)C(C)(C)N(c3ccc(CCCc4ncc[nH]4)cc3)C2=S)CC=C1C#N. The molecule has 0 radical (unpaired) electrons. The van der Waals surface area contributed by atoms with E-state index >= 15 is 4.39 Å². The van der Waals surface area contributed by atoms with E-state index < -0.39 is 17.4 Å². The number of carbonyl (C=O) groups is 1. The van der Waals surface area contributed by atoms with Crippen LogP contribution in [0.5, 0.6) is 0 Å². The van der Waals surface area contributed by atoms with Crippen molar-refractivity contribution >= 4 is 28.9 Å². The Kier molecular flexibility index (Phi) is 6.53. The van der Waals surface area contributed by atoms with Crippen molar-refractivity contribution in [1.29, 1.82) is 5.26 Å². The number of amides is 1. The van der Waals surface area contributed by atoms with Crippen LogP contribution in [0.4, 0.5) is 10.1 Å². The Morgan fingerprint density at radius 1 is 1.32 bits per heavy atom. The summed E-state index contributed by atoms with van der Waals surface area (Å²) in [4.78, 5) is 23.8. The van der Waals surface area contributed by atoms with Gasteiger partial charge >= 0.3 is 0 Å². The van der Waals surface area contributed by atoms with Crippen LogP contribution < -0.4 is 4.90 Å². The van der Waals surface area contributed by atoms with Crippen molar-refractivity contribution in [3.05, 3.63) is 71.3 Å². The van der Waals surface area contributed by atoms with Gasteiger partial charge in [0.25, 0.3) is 5.91 Å². The number of H-pyrrole nitrogens is 1. The van der Waals surface area contributed by atoms with Gasteiger partial charge in [-0.25, -0.2) is 9.37 Å². The molecule has 0 spiro atoms. The second-order valence-electron chi connectivity index (χ2n) is 8.77. The zero-order valence-electron chi connectivity index (χ0n) is 19.3. The molecule has 34 heavy (non-hydrogen) atoms. The van der Waals surface area contributed by atoms with Crippen LogP contribution in [0.25, 0.3) is 0 Å². The number of rotatable bonds is 7. The van der Waals surface area contributed by atoms with E-state index in [9.17, 15) is 10.1 Å². The lowest BCUT2D eigenvalue weighted by molar-refractivity contribution is -0.130. The molecule has 2 aromatic rings. The summed E-state index contributed by atoms with van der Waals surface area (Å²) >= 11 is 5.69. The van der Waals surface area contributed by atoms with Gasteiger partial charge in [0.1, 0.15) is 17.4 Å². The van der Waals surface area contributed by atoms with Crippen LogP contribution in [0.2, 0.25) is 0 Å². The van der Waals surface area contributed by atoms with Gasteiger partial charge in [0.05, 0.1) is 18.7 Å². The van der Waals surface area contributed by atoms with Gasteiger partial charge in [0.15, 0.2) is 16.7 Å². The Labute approximate surface area is 203 Å². The molecular weight excluding hydrogens is 453 g/mol. The van der Waals surface area contributed by atoms with Crippen molar-refractivity contribution < 1.29 is 13.9 Å². The topological polar surface area (TPSA) is 85.2 Å². The summed E-state index contributed by atoms with van der Waals surface area (Å²) in [5, 5.41) is 9.47. The lowest BCUT2D eigenvalue weighted by Gasteiger charge is -2.30. The molecular formula is C25H26FN5O2S. The van der Waals surface area contributed by atoms with Crippen molar-refractivity contribution in [2.24, 2.45) is 0 Å². The number of allylic oxidation sites excluding steroid dienone is 1. The third-order valence-electron chi connectivity index (χ3n) is 6.26. The molecule has 2 heterocycles. The van der Waals surface area contributed by atoms with Gasteiger partial charge in [-0.15, -0.1) is 0 Å². The number of nitrogens with one attached hydrogen (secondary N) is 1. The Bertz CT molecular complexity index is 1190. The van der Waals surface area contributed by atoms with Crippen LogP contribution in [0.3, 0.4) is 0 Å². The first-order valence-electron chi connectivity index (χ1n) is 11.1. The van der Waals surface area contributed by atoms with E-state index in [1.165, 1.54) is 17.6 Å². The van der Waals surface area contributed by atoms with E-state index in [2.05, 4.69) is 9.97 Å². The Morgan fingerprint density at radius 3 is 2.68 bits per heavy atom. The number of benzene rings is 1. The first-order chi connectivity index (χ1) is 16.3. The normalized spacial score (nSPS) is 20.0. The number of anilines is 1. The van der Waals surface area contributed by atoms with E-state index in [4.69, 9.17) is 17.0 Å². The summed E-state index contributed by atoms with van der Waals surface area (Å²) < 4.78 is 20.4. The number of aryl methyl sites for hydroxylation is 2. The van der Waals surface area contributed by atoms with Gasteiger partial charge in [-0.3, -0.25) is 9.69 Å². The number of nitrogens with zero attached hydrogens (tertiary/aromatic N) is 4. The van der Waals surface area contributed by atoms with Crippen molar-refractivity contribution in [2.45, 2.75) is 51.1 Å². The fourth-order valence-electron chi connectivity index (χ4n) is 4.47. The summed E-state index contributed by atoms with van der Waals surface area (Å²) in [7, 11) is 1.30. The van der Waals surface area contributed by atoms with Crippen LogP contribution in [0, 0.1) is 11.3 Å².